The minimum atomic E-state index is -0.711. The van der Waals surface area contributed by atoms with E-state index < -0.39 is 29.9 Å². The fourth-order valence-corrected chi connectivity index (χ4v) is 4.70. The summed E-state index contributed by atoms with van der Waals surface area (Å²) in [6.07, 6.45) is 3.77. The third-order valence-electron chi connectivity index (χ3n) is 7.99. The Labute approximate surface area is 302 Å². The van der Waals surface area contributed by atoms with E-state index in [0.29, 0.717) is 36.0 Å². The quantitative estimate of drug-likeness (QED) is 0.113. The predicted molar refractivity (Wildman–Crippen MR) is 196 cm³/mol. The highest BCUT2D eigenvalue weighted by Gasteiger charge is 2.16. The maximum atomic E-state index is 13.7. The van der Waals surface area contributed by atoms with Crippen LogP contribution < -0.4 is 14.2 Å². The SMILES string of the molecule is CCC(C)Cc1c(F)cccc1OCC(C)O.CCC(C)Cc1cccc(F)c1OCC(C)O.CCCCc1c(F)ccc(F)c1OCC(C)O. The summed E-state index contributed by atoms with van der Waals surface area (Å²) < 4.78 is 70.4. The van der Waals surface area contributed by atoms with E-state index >= 15 is 0 Å². The molecule has 0 aliphatic carbocycles. The first-order valence-electron chi connectivity index (χ1n) is 18.1. The summed E-state index contributed by atoms with van der Waals surface area (Å²) in [4.78, 5) is 0. The molecule has 3 aromatic carbocycles. The van der Waals surface area contributed by atoms with Gasteiger partial charge in [0.2, 0.25) is 0 Å². The zero-order valence-corrected chi connectivity index (χ0v) is 31.7. The summed E-state index contributed by atoms with van der Waals surface area (Å²) in [6, 6.07) is 12.0. The van der Waals surface area contributed by atoms with Gasteiger partial charge in [-0.1, -0.05) is 72.1 Å². The second kappa shape index (κ2) is 24.8. The first-order chi connectivity index (χ1) is 24.1. The van der Waals surface area contributed by atoms with E-state index in [-0.39, 0.29) is 48.5 Å². The van der Waals surface area contributed by atoms with Crippen LogP contribution in [0.25, 0.3) is 0 Å². The molecule has 5 atom stereocenters. The average Bonchev–Trinajstić information content (AvgIpc) is 3.08. The molecular weight excluding hydrogens is 664 g/mol. The Kier molecular flexibility index (Phi) is 22.2. The maximum absolute atomic E-state index is 13.7. The number of aliphatic hydroxyl groups is 3. The lowest BCUT2D eigenvalue weighted by molar-refractivity contribution is 0.119. The van der Waals surface area contributed by atoms with Crippen LogP contribution in [0.5, 0.6) is 17.2 Å². The number of benzene rings is 3. The summed E-state index contributed by atoms with van der Waals surface area (Å²) in [5.74, 6) is 0.0455. The number of rotatable bonds is 18. The van der Waals surface area contributed by atoms with Gasteiger partial charge in [0.25, 0.3) is 0 Å². The Hall–Kier alpha value is -3.34. The van der Waals surface area contributed by atoms with Gasteiger partial charge in [-0.25, -0.2) is 17.6 Å². The Morgan fingerprint density at radius 2 is 1.02 bits per heavy atom. The lowest BCUT2D eigenvalue weighted by Crippen LogP contribution is -2.15. The van der Waals surface area contributed by atoms with Crippen molar-refractivity contribution in [2.24, 2.45) is 11.8 Å². The first kappa shape index (κ1) is 45.7. The highest BCUT2D eigenvalue weighted by molar-refractivity contribution is 5.37. The fourth-order valence-electron chi connectivity index (χ4n) is 4.70. The molecule has 3 rings (SSSR count). The van der Waals surface area contributed by atoms with Gasteiger partial charge < -0.3 is 29.5 Å². The standard InChI is InChI=1S/2C14H21FO2.C13H18F2O2/c1-4-10(2)8-12-13(15)6-5-7-14(12)17-9-11(3)16;1-4-10(2)8-12-6-5-7-13(15)14(12)17-9-11(3)16;1-3-4-5-10-11(14)6-7-12(15)13(10)17-8-9(2)16/h2*5-7,10-11,16H,4,8-9H2,1-3H3;6-7,9,16H,3-5,8H2,1-2H3. The molecule has 0 radical (unpaired) electrons. The molecule has 3 N–H and O–H groups in total. The van der Waals surface area contributed by atoms with E-state index in [1.807, 2.05) is 13.0 Å². The molecule has 0 amide bonds. The highest BCUT2D eigenvalue weighted by Crippen LogP contribution is 2.29. The molecule has 5 unspecified atom stereocenters. The van der Waals surface area contributed by atoms with Crippen LogP contribution >= 0.6 is 0 Å². The Bertz CT molecular complexity index is 1400. The molecule has 10 heteroatoms. The predicted octanol–water partition coefficient (Wildman–Crippen LogP) is 9.41. The summed E-state index contributed by atoms with van der Waals surface area (Å²) in [6.45, 7) is 15.5. The van der Waals surface area contributed by atoms with E-state index in [4.69, 9.17) is 19.3 Å². The molecule has 3 aromatic rings. The minimum absolute atomic E-state index is 0.0422. The van der Waals surface area contributed by atoms with Crippen molar-refractivity contribution in [2.75, 3.05) is 19.8 Å². The molecule has 6 nitrogen and oxygen atoms in total. The highest BCUT2D eigenvalue weighted by atomic mass is 19.1. The van der Waals surface area contributed by atoms with Crippen LogP contribution in [0.1, 0.15) is 97.8 Å². The van der Waals surface area contributed by atoms with Crippen molar-refractivity contribution in [3.05, 3.63) is 88.5 Å². The normalized spacial score (nSPS) is 13.8. The van der Waals surface area contributed by atoms with Gasteiger partial charge in [-0.15, -0.1) is 0 Å². The zero-order valence-electron chi connectivity index (χ0n) is 31.7. The molecule has 0 heterocycles. The van der Waals surface area contributed by atoms with E-state index in [9.17, 15) is 27.8 Å². The summed E-state index contributed by atoms with van der Waals surface area (Å²) in [7, 11) is 0. The maximum Gasteiger partial charge on any atom is 0.165 e. The van der Waals surface area contributed by atoms with Gasteiger partial charge in [-0.3, -0.25) is 0 Å². The van der Waals surface area contributed by atoms with Gasteiger partial charge in [0, 0.05) is 11.1 Å². The van der Waals surface area contributed by atoms with Gasteiger partial charge in [-0.2, -0.15) is 0 Å². The van der Waals surface area contributed by atoms with Crippen molar-refractivity contribution >= 4 is 0 Å². The van der Waals surface area contributed by atoms with Crippen LogP contribution in [-0.4, -0.2) is 53.5 Å². The van der Waals surface area contributed by atoms with E-state index in [1.165, 1.54) is 19.1 Å². The molecule has 51 heavy (non-hydrogen) atoms. The monoisotopic (exact) mass is 724 g/mol. The van der Waals surface area contributed by atoms with Crippen LogP contribution in [0, 0.1) is 35.1 Å². The molecule has 0 saturated carbocycles. The van der Waals surface area contributed by atoms with Crippen LogP contribution in [0.15, 0.2) is 48.5 Å². The molecule has 0 aliphatic rings. The smallest absolute Gasteiger partial charge is 0.165 e. The van der Waals surface area contributed by atoms with Crippen LogP contribution in [0.3, 0.4) is 0 Å². The third kappa shape index (κ3) is 17.6. The summed E-state index contributed by atoms with van der Waals surface area (Å²) in [5.41, 5.74) is 1.75. The van der Waals surface area contributed by atoms with Crippen LogP contribution in [-0.2, 0) is 19.3 Å². The lowest BCUT2D eigenvalue weighted by Gasteiger charge is -2.15. The van der Waals surface area contributed by atoms with Crippen molar-refractivity contribution in [3.8, 4) is 17.2 Å². The van der Waals surface area contributed by atoms with Gasteiger partial charge >= 0.3 is 0 Å². The molecule has 0 aromatic heterocycles. The van der Waals surface area contributed by atoms with E-state index in [1.54, 1.807) is 32.0 Å². The number of hydrogen-bond acceptors (Lipinski definition) is 6. The molecule has 0 aliphatic heterocycles. The summed E-state index contributed by atoms with van der Waals surface area (Å²) in [5, 5.41) is 27.5. The third-order valence-corrected chi connectivity index (χ3v) is 7.99. The van der Waals surface area contributed by atoms with Crippen molar-refractivity contribution in [3.63, 3.8) is 0 Å². The number of para-hydroxylation sites is 1. The number of halogens is 4. The second-order valence-electron chi connectivity index (χ2n) is 13.3. The molecule has 0 spiro atoms. The largest absolute Gasteiger partial charge is 0.491 e. The first-order valence-corrected chi connectivity index (χ1v) is 18.1. The Morgan fingerprint density at radius 3 is 1.59 bits per heavy atom. The van der Waals surface area contributed by atoms with Crippen molar-refractivity contribution in [2.45, 2.75) is 119 Å². The number of ether oxygens (including phenoxy) is 3. The minimum Gasteiger partial charge on any atom is -0.491 e. The lowest BCUT2D eigenvalue weighted by atomic mass is 9.98. The fraction of sp³-hybridized carbons (Fsp3) is 0.561. The van der Waals surface area contributed by atoms with Gasteiger partial charge in [0.05, 0.1) is 18.3 Å². The topological polar surface area (TPSA) is 88.4 Å². The van der Waals surface area contributed by atoms with E-state index in [0.717, 1.165) is 49.8 Å². The van der Waals surface area contributed by atoms with E-state index in [2.05, 4.69) is 27.7 Å². The van der Waals surface area contributed by atoms with Gasteiger partial charge in [0.1, 0.15) is 37.2 Å². The number of unbranched alkanes of at least 4 members (excludes halogenated alkanes) is 1. The molecular formula is C41H60F4O6. The van der Waals surface area contributed by atoms with Crippen LogP contribution in [0.2, 0.25) is 0 Å². The Balaban J connectivity index is 0.000000382. The van der Waals surface area contributed by atoms with Gasteiger partial charge in [-0.05, 0) is 94.2 Å². The molecule has 0 fully saturated rings. The summed E-state index contributed by atoms with van der Waals surface area (Å²) >= 11 is 0. The van der Waals surface area contributed by atoms with Crippen LogP contribution in [0.4, 0.5) is 17.6 Å². The number of hydrogen-bond donors (Lipinski definition) is 3. The molecule has 0 bridgehead atoms. The van der Waals surface area contributed by atoms with Crippen molar-refractivity contribution < 1.29 is 47.1 Å². The average molecular weight is 725 g/mol. The Morgan fingerprint density at radius 1 is 0.549 bits per heavy atom. The van der Waals surface area contributed by atoms with Gasteiger partial charge in [0.15, 0.2) is 23.1 Å². The second-order valence-corrected chi connectivity index (χ2v) is 13.3. The molecule has 0 saturated heterocycles. The van der Waals surface area contributed by atoms with Crippen molar-refractivity contribution in [1.29, 1.82) is 0 Å². The molecule has 288 valence electrons. The number of aliphatic hydroxyl groups excluding tert-OH is 3. The zero-order chi connectivity index (χ0) is 38.5. The van der Waals surface area contributed by atoms with Crippen molar-refractivity contribution in [1.82, 2.24) is 0 Å².